The van der Waals surface area contributed by atoms with Gasteiger partial charge >= 0.3 is 0 Å². The molecule has 3 aromatic rings. The molecular formula is C19H17FN4O3S. The number of nitrogens with one attached hydrogen (secondary N) is 1. The Kier molecular flexibility index (Phi) is 5.65. The minimum absolute atomic E-state index is 0.249. The second-order valence-electron chi connectivity index (χ2n) is 6.10. The van der Waals surface area contributed by atoms with Crippen LogP contribution in [0.4, 0.5) is 15.8 Å². The molecule has 28 heavy (non-hydrogen) atoms. The van der Waals surface area contributed by atoms with E-state index in [0.29, 0.717) is 12.5 Å². The van der Waals surface area contributed by atoms with Crippen molar-refractivity contribution in [1.82, 2.24) is 10.3 Å². The molecule has 0 radical (unpaired) electrons. The zero-order chi connectivity index (χ0) is 20.3. The van der Waals surface area contributed by atoms with E-state index in [2.05, 4.69) is 10.3 Å². The van der Waals surface area contributed by atoms with E-state index in [9.17, 15) is 19.3 Å². The van der Waals surface area contributed by atoms with E-state index in [1.165, 1.54) is 0 Å². The van der Waals surface area contributed by atoms with Crippen molar-refractivity contribution in [1.29, 1.82) is 0 Å². The molecule has 9 heteroatoms. The van der Waals surface area contributed by atoms with Gasteiger partial charge in [-0.2, -0.15) is 0 Å². The summed E-state index contributed by atoms with van der Waals surface area (Å²) in [6.45, 7) is 2.23. The molecule has 0 aliphatic rings. The Labute approximate surface area is 164 Å². The summed E-state index contributed by atoms with van der Waals surface area (Å²) >= 11 is 1.59. The van der Waals surface area contributed by atoms with Crippen molar-refractivity contribution in [2.75, 3.05) is 12.3 Å². The van der Waals surface area contributed by atoms with Gasteiger partial charge in [0.1, 0.15) is 11.5 Å². The minimum Gasteiger partial charge on any atom is -0.393 e. The van der Waals surface area contributed by atoms with Crippen LogP contribution >= 0.6 is 11.3 Å². The van der Waals surface area contributed by atoms with Crippen molar-refractivity contribution in [3.63, 3.8) is 0 Å². The smallest absolute Gasteiger partial charge is 0.295 e. The molecule has 2 aromatic carbocycles. The first-order valence-electron chi connectivity index (χ1n) is 8.38. The predicted molar refractivity (Wildman–Crippen MR) is 106 cm³/mol. The molecule has 3 rings (SSSR count). The number of nitrogens with two attached hydrogens (primary N) is 1. The second-order valence-corrected chi connectivity index (χ2v) is 7.16. The number of aryl methyl sites for hydroxylation is 1. The molecule has 0 bridgehead atoms. The minimum atomic E-state index is -0.890. The van der Waals surface area contributed by atoms with E-state index in [0.717, 1.165) is 27.9 Å². The van der Waals surface area contributed by atoms with Crippen molar-refractivity contribution < 1.29 is 14.1 Å². The third-order valence-electron chi connectivity index (χ3n) is 4.13. The van der Waals surface area contributed by atoms with Crippen molar-refractivity contribution in [2.24, 2.45) is 0 Å². The van der Waals surface area contributed by atoms with Gasteiger partial charge in [-0.15, -0.1) is 11.3 Å². The van der Waals surface area contributed by atoms with Gasteiger partial charge < -0.3 is 11.1 Å². The number of nitrogens with zero attached hydrogens (tertiary/aromatic N) is 2. The lowest BCUT2D eigenvalue weighted by molar-refractivity contribution is -0.384. The Balaban J connectivity index is 1.62. The van der Waals surface area contributed by atoms with Gasteiger partial charge in [-0.25, -0.2) is 9.37 Å². The number of nitro benzene ring substituents is 1. The van der Waals surface area contributed by atoms with Crippen LogP contribution in [-0.4, -0.2) is 22.4 Å². The molecule has 0 fully saturated rings. The van der Waals surface area contributed by atoms with Crippen molar-refractivity contribution >= 4 is 28.6 Å². The van der Waals surface area contributed by atoms with Crippen LogP contribution in [0.25, 0.3) is 11.3 Å². The lowest BCUT2D eigenvalue weighted by atomic mass is 10.1. The predicted octanol–water partition coefficient (Wildman–Crippen LogP) is 3.72. The summed E-state index contributed by atoms with van der Waals surface area (Å²) < 4.78 is 13.6. The van der Waals surface area contributed by atoms with Gasteiger partial charge in [0.05, 0.1) is 27.3 Å². The summed E-state index contributed by atoms with van der Waals surface area (Å²) in [7, 11) is 0. The first kappa shape index (κ1) is 19.4. The average Bonchev–Trinajstić information content (AvgIpc) is 3.10. The van der Waals surface area contributed by atoms with Crippen molar-refractivity contribution in [2.45, 2.75) is 13.3 Å². The van der Waals surface area contributed by atoms with Crippen LogP contribution in [0.15, 0.2) is 41.8 Å². The summed E-state index contributed by atoms with van der Waals surface area (Å²) in [4.78, 5) is 26.8. The van der Waals surface area contributed by atoms with Gasteiger partial charge in [0.25, 0.3) is 11.6 Å². The number of carbonyl (C=O) groups is 1. The number of rotatable bonds is 6. The molecule has 0 saturated carbocycles. The maximum atomic E-state index is 13.6. The first-order valence-corrected chi connectivity index (χ1v) is 9.26. The molecule has 0 spiro atoms. The van der Waals surface area contributed by atoms with Crippen molar-refractivity contribution in [3.05, 3.63) is 73.8 Å². The maximum Gasteiger partial charge on any atom is 0.295 e. The van der Waals surface area contributed by atoms with Gasteiger partial charge in [-0.3, -0.25) is 14.9 Å². The highest BCUT2D eigenvalue weighted by atomic mass is 32.1. The molecule has 0 saturated heterocycles. The maximum absolute atomic E-state index is 13.6. The number of nitrogen functional groups attached to an aromatic ring is 1. The summed E-state index contributed by atoms with van der Waals surface area (Å²) in [6.07, 6.45) is 0.541. The van der Waals surface area contributed by atoms with Crippen LogP contribution in [0, 0.1) is 22.9 Å². The zero-order valence-electron chi connectivity index (χ0n) is 14.9. The van der Waals surface area contributed by atoms with Crippen LogP contribution in [0.3, 0.4) is 0 Å². The van der Waals surface area contributed by atoms with Gasteiger partial charge in [-0.1, -0.05) is 24.3 Å². The second kappa shape index (κ2) is 8.13. The van der Waals surface area contributed by atoms with E-state index in [-0.39, 0.29) is 17.8 Å². The molecule has 0 atom stereocenters. The van der Waals surface area contributed by atoms with Crippen LogP contribution in [0.2, 0.25) is 0 Å². The third-order valence-corrected chi connectivity index (χ3v) is 4.91. The van der Waals surface area contributed by atoms with Gasteiger partial charge in [0.2, 0.25) is 0 Å². The number of thiazole rings is 1. The monoisotopic (exact) mass is 400 g/mol. The Hall–Kier alpha value is -3.33. The molecular weight excluding hydrogens is 383 g/mol. The zero-order valence-corrected chi connectivity index (χ0v) is 15.8. The van der Waals surface area contributed by atoms with E-state index in [1.54, 1.807) is 11.3 Å². The Morgan fingerprint density at radius 2 is 2.04 bits per heavy atom. The molecule has 144 valence electrons. The first-order chi connectivity index (χ1) is 13.3. The largest absolute Gasteiger partial charge is 0.393 e. The van der Waals surface area contributed by atoms with Crippen LogP contribution in [0.1, 0.15) is 20.9 Å². The van der Waals surface area contributed by atoms with E-state index >= 15 is 0 Å². The van der Waals surface area contributed by atoms with E-state index in [1.807, 2.05) is 36.6 Å². The highest BCUT2D eigenvalue weighted by molar-refractivity contribution is 7.09. The standard InChI is InChI=1S/C19H17FN4O3S/c1-11-23-16(10-28-11)13-4-2-12(3-5-13)6-7-22-19(25)15-8-14(20)9-17(18(15)21)24(26)27/h2-5,8-10H,6-7,21H2,1H3,(H,22,25). The number of benzene rings is 2. The molecule has 0 aliphatic heterocycles. The quantitative estimate of drug-likeness (QED) is 0.372. The van der Waals surface area contributed by atoms with Crippen LogP contribution < -0.4 is 11.1 Å². The number of amides is 1. The number of carbonyl (C=O) groups excluding carboxylic acids is 1. The number of hydrogen-bond acceptors (Lipinski definition) is 6. The Morgan fingerprint density at radius 3 is 2.64 bits per heavy atom. The Bertz CT molecular complexity index is 1030. The lowest BCUT2D eigenvalue weighted by Crippen LogP contribution is -2.27. The average molecular weight is 400 g/mol. The number of nitro groups is 1. The summed E-state index contributed by atoms with van der Waals surface area (Å²) in [6, 6.07) is 9.38. The molecule has 7 nitrogen and oxygen atoms in total. The normalized spacial score (nSPS) is 10.6. The fourth-order valence-corrected chi connectivity index (χ4v) is 3.32. The molecule has 1 amide bonds. The highest BCUT2D eigenvalue weighted by Crippen LogP contribution is 2.26. The molecule has 0 aliphatic carbocycles. The Morgan fingerprint density at radius 1 is 1.32 bits per heavy atom. The SMILES string of the molecule is Cc1nc(-c2ccc(CCNC(=O)c3cc(F)cc([N+](=O)[O-])c3N)cc2)cs1. The summed E-state index contributed by atoms with van der Waals surface area (Å²) in [5.74, 6) is -1.55. The number of halogens is 1. The van der Waals surface area contributed by atoms with Gasteiger partial charge in [0, 0.05) is 17.5 Å². The van der Waals surface area contributed by atoms with E-state index in [4.69, 9.17) is 5.73 Å². The highest BCUT2D eigenvalue weighted by Gasteiger charge is 2.21. The third kappa shape index (κ3) is 4.32. The fourth-order valence-electron chi connectivity index (χ4n) is 2.70. The van der Waals surface area contributed by atoms with Crippen molar-refractivity contribution in [3.8, 4) is 11.3 Å². The number of anilines is 1. The van der Waals surface area contributed by atoms with Crippen LogP contribution in [-0.2, 0) is 6.42 Å². The topological polar surface area (TPSA) is 111 Å². The molecule has 3 N–H and O–H groups in total. The number of aromatic nitrogens is 1. The van der Waals surface area contributed by atoms with E-state index < -0.39 is 22.3 Å². The molecule has 1 heterocycles. The summed E-state index contributed by atoms with van der Waals surface area (Å²) in [5, 5.41) is 16.5. The van der Waals surface area contributed by atoms with Gasteiger partial charge in [0.15, 0.2) is 0 Å². The summed E-state index contributed by atoms with van der Waals surface area (Å²) in [5.41, 5.74) is 7.33. The van der Waals surface area contributed by atoms with Gasteiger partial charge in [-0.05, 0) is 25.0 Å². The molecule has 1 aromatic heterocycles. The number of hydrogen-bond donors (Lipinski definition) is 2. The fraction of sp³-hybridized carbons (Fsp3) is 0.158. The lowest BCUT2D eigenvalue weighted by Gasteiger charge is -2.08. The van der Waals surface area contributed by atoms with Crippen LogP contribution in [0.5, 0.6) is 0 Å². The molecule has 0 unspecified atom stereocenters.